The molecule has 0 radical (unpaired) electrons. The maximum Gasteiger partial charge on any atom is 0.272 e. The van der Waals surface area contributed by atoms with E-state index in [4.69, 9.17) is 4.74 Å². The Kier molecular flexibility index (Phi) is 4.17. The molecule has 1 aliphatic heterocycles. The van der Waals surface area contributed by atoms with Gasteiger partial charge in [0.25, 0.3) is 5.91 Å². The fourth-order valence-electron chi connectivity index (χ4n) is 3.78. The van der Waals surface area contributed by atoms with Gasteiger partial charge in [0.05, 0.1) is 24.4 Å². The average Bonchev–Trinajstić information content (AvgIpc) is 3.30. The van der Waals surface area contributed by atoms with Crippen molar-refractivity contribution in [1.82, 2.24) is 20.1 Å². The topological polar surface area (TPSA) is 83.1 Å². The van der Waals surface area contributed by atoms with Gasteiger partial charge >= 0.3 is 0 Å². The molecule has 3 heterocycles. The van der Waals surface area contributed by atoms with Crippen molar-refractivity contribution in [2.24, 2.45) is 5.92 Å². The van der Waals surface area contributed by atoms with Crippen LogP contribution in [0.25, 0.3) is 0 Å². The summed E-state index contributed by atoms with van der Waals surface area (Å²) in [4.78, 5) is 18.7. The standard InChI is InChI=1S/C17H21N5O2/c23-17(14-5-7-20-21-14)22-8-9-24-16-12(3-4-15(16)22)10-19-13-2-1-6-18-11-13/h1-2,5-7,11-12,15-16,19H,3-4,8-10H2,(H,20,21)/t12-,15+,16+/m1/s1. The molecule has 0 aromatic carbocycles. The summed E-state index contributed by atoms with van der Waals surface area (Å²) in [6.45, 7) is 2.06. The number of anilines is 1. The van der Waals surface area contributed by atoms with E-state index in [0.29, 0.717) is 24.8 Å². The molecule has 2 N–H and O–H groups in total. The third kappa shape index (κ3) is 2.87. The monoisotopic (exact) mass is 327 g/mol. The molecule has 126 valence electrons. The highest BCUT2D eigenvalue weighted by Crippen LogP contribution is 2.35. The molecule has 2 aliphatic rings. The number of nitrogens with zero attached hydrogens (tertiary/aromatic N) is 3. The summed E-state index contributed by atoms with van der Waals surface area (Å²) < 4.78 is 6.03. The van der Waals surface area contributed by atoms with Gasteiger partial charge in [0, 0.05) is 37.6 Å². The minimum atomic E-state index is 0.0201. The van der Waals surface area contributed by atoms with Crippen molar-refractivity contribution in [3.05, 3.63) is 42.5 Å². The van der Waals surface area contributed by atoms with Gasteiger partial charge in [-0.1, -0.05) is 0 Å². The molecular weight excluding hydrogens is 306 g/mol. The van der Waals surface area contributed by atoms with Crippen molar-refractivity contribution in [3.63, 3.8) is 0 Å². The van der Waals surface area contributed by atoms with Crippen molar-refractivity contribution in [2.75, 3.05) is 25.0 Å². The lowest BCUT2D eigenvalue weighted by Crippen LogP contribution is -2.53. The molecule has 0 bridgehead atoms. The number of fused-ring (bicyclic) bond motifs is 1. The first-order valence-corrected chi connectivity index (χ1v) is 8.39. The molecule has 0 spiro atoms. The van der Waals surface area contributed by atoms with E-state index in [9.17, 15) is 4.79 Å². The summed E-state index contributed by atoms with van der Waals surface area (Å²) in [6.07, 6.45) is 7.32. The normalized spacial score (nSPS) is 26.2. The van der Waals surface area contributed by atoms with Crippen LogP contribution in [0.4, 0.5) is 5.69 Å². The molecule has 1 saturated heterocycles. The van der Waals surface area contributed by atoms with E-state index in [1.807, 2.05) is 23.2 Å². The summed E-state index contributed by atoms with van der Waals surface area (Å²) >= 11 is 0. The number of amides is 1. The molecule has 2 fully saturated rings. The van der Waals surface area contributed by atoms with Crippen molar-refractivity contribution in [3.8, 4) is 0 Å². The third-order valence-corrected chi connectivity index (χ3v) is 4.94. The van der Waals surface area contributed by atoms with Gasteiger partial charge in [-0.2, -0.15) is 5.10 Å². The molecule has 24 heavy (non-hydrogen) atoms. The Labute approximate surface area is 140 Å². The number of pyridine rings is 1. The second-order valence-electron chi connectivity index (χ2n) is 6.33. The molecule has 1 amide bonds. The Balaban J connectivity index is 1.42. The van der Waals surface area contributed by atoms with Gasteiger partial charge < -0.3 is 15.0 Å². The molecule has 0 unspecified atom stereocenters. The number of rotatable bonds is 4. The number of hydrogen-bond donors (Lipinski definition) is 2. The lowest BCUT2D eigenvalue weighted by Gasteiger charge is -2.39. The van der Waals surface area contributed by atoms with Crippen molar-refractivity contribution in [2.45, 2.75) is 25.0 Å². The lowest BCUT2D eigenvalue weighted by molar-refractivity contribution is -0.0603. The number of carbonyl (C=O) groups excluding carboxylic acids is 1. The Morgan fingerprint density at radius 2 is 2.33 bits per heavy atom. The Morgan fingerprint density at radius 1 is 1.38 bits per heavy atom. The van der Waals surface area contributed by atoms with Gasteiger partial charge in [-0.05, 0) is 31.0 Å². The van der Waals surface area contributed by atoms with E-state index in [1.165, 1.54) is 0 Å². The molecule has 3 atom stereocenters. The third-order valence-electron chi connectivity index (χ3n) is 4.94. The number of ether oxygens (including phenoxy) is 1. The molecule has 4 rings (SSSR count). The van der Waals surface area contributed by atoms with Crippen LogP contribution in [0.3, 0.4) is 0 Å². The fraction of sp³-hybridized carbons (Fsp3) is 0.471. The van der Waals surface area contributed by atoms with Gasteiger partial charge in [-0.25, -0.2) is 0 Å². The van der Waals surface area contributed by atoms with Crippen LogP contribution in [0.2, 0.25) is 0 Å². The van der Waals surface area contributed by atoms with Gasteiger partial charge in [0.1, 0.15) is 5.69 Å². The van der Waals surface area contributed by atoms with E-state index in [-0.39, 0.29) is 18.1 Å². The van der Waals surface area contributed by atoms with Gasteiger partial charge in [0.15, 0.2) is 0 Å². The van der Waals surface area contributed by atoms with E-state index in [1.54, 1.807) is 18.5 Å². The van der Waals surface area contributed by atoms with E-state index < -0.39 is 0 Å². The second-order valence-corrected chi connectivity index (χ2v) is 6.33. The minimum Gasteiger partial charge on any atom is -0.383 e. The second kappa shape index (κ2) is 6.60. The van der Waals surface area contributed by atoms with Crippen LogP contribution in [-0.2, 0) is 4.74 Å². The van der Waals surface area contributed by atoms with E-state index >= 15 is 0 Å². The first-order valence-electron chi connectivity index (χ1n) is 8.39. The smallest absolute Gasteiger partial charge is 0.272 e. The Bertz CT molecular complexity index is 676. The minimum absolute atomic E-state index is 0.0201. The summed E-state index contributed by atoms with van der Waals surface area (Å²) in [7, 11) is 0. The predicted octanol–water partition coefficient (Wildman–Crippen LogP) is 1.54. The number of nitrogens with one attached hydrogen (secondary N) is 2. The molecule has 2 aromatic rings. The van der Waals surface area contributed by atoms with E-state index in [2.05, 4.69) is 20.5 Å². The highest BCUT2D eigenvalue weighted by atomic mass is 16.5. The van der Waals surface area contributed by atoms with Crippen LogP contribution < -0.4 is 5.32 Å². The number of H-pyrrole nitrogens is 1. The summed E-state index contributed by atoms with van der Waals surface area (Å²) in [5.41, 5.74) is 1.56. The molecular formula is C17H21N5O2. The van der Waals surface area contributed by atoms with Crippen molar-refractivity contribution in [1.29, 1.82) is 0 Å². The number of aromatic amines is 1. The number of hydrogen-bond acceptors (Lipinski definition) is 5. The van der Waals surface area contributed by atoms with Crippen LogP contribution in [0.15, 0.2) is 36.8 Å². The Hall–Kier alpha value is -2.41. The zero-order valence-corrected chi connectivity index (χ0v) is 13.4. The summed E-state index contributed by atoms with van der Waals surface area (Å²) in [5, 5.41) is 10.1. The fourth-order valence-corrected chi connectivity index (χ4v) is 3.78. The average molecular weight is 327 g/mol. The quantitative estimate of drug-likeness (QED) is 0.890. The largest absolute Gasteiger partial charge is 0.383 e. The van der Waals surface area contributed by atoms with Gasteiger partial charge in [-0.15, -0.1) is 0 Å². The first-order chi connectivity index (χ1) is 11.8. The maximum absolute atomic E-state index is 12.7. The predicted molar refractivity (Wildman–Crippen MR) is 88.6 cm³/mol. The molecule has 2 aromatic heterocycles. The van der Waals surface area contributed by atoms with Crippen LogP contribution >= 0.6 is 0 Å². The van der Waals surface area contributed by atoms with Gasteiger partial charge in [-0.3, -0.25) is 14.9 Å². The van der Waals surface area contributed by atoms with Crippen LogP contribution in [0.5, 0.6) is 0 Å². The first kappa shape index (κ1) is 15.1. The molecule has 7 nitrogen and oxygen atoms in total. The number of aromatic nitrogens is 3. The SMILES string of the molecule is O=C(c1ccn[nH]1)N1CCO[C@H]2[C@@H](CNc3cccnc3)CC[C@@H]21. The molecule has 1 saturated carbocycles. The highest BCUT2D eigenvalue weighted by molar-refractivity contribution is 5.92. The van der Waals surface area contributed by atoms with Crippen molar-refractivity contribution >= 4 is 11.6 Å². The number of morpholine rings is 1. The highest BCUT2D eigenvalue weighted by Gasteiger charge is 2.44. The van der Waals surface area contributed by atoms with Crippen LogP contribution in [0, 0.1) is 5.92 Å². The zero-order chi connectivity index (χ0) is 16.4. The van der Waals surface area contributed by atoms with Crippen LogP contribution in [-0.4, -0.2) is 57.8 Å². The lowest BCUT2D eigenvalue weighted by atomic mass is 10.0. The summed E-state index contributed by atoms with van der Waals surface area (Å²) in [6, 6.07) is 5.80. The summed E-state index contributed by atoms with van der Waals surface area (Å²) in [5.74, 6) is 0.416. The maximum atomic E-state index is 12.7. The zero-order valence-electron chi connectivity index (χ0n) is 13.4. The number of carbonyl (C=O) groups is 1. The molecule has 1 aliphatic carbocycles. The molecule has 7 heteroatoms. The van der Waals surface area contributed by atoms with Gasteiger partial charge in [0.2, 0.25) is 0 Å². The Morgan fingerprint density at radius 3 is 3.12 bits per heavy atom. The van der Waals surface area contributed by atoms with Crippen LogP contribution in [0.1, 0.15) is 23.3 Å². The van der Waals surface area contributed by atoms with E-state index in [0.717, 1.165) is 25.1 Å². The van der Waals surface area contributed by atoms with Crippen molar-refractivity contribution < 1.29 is 9.53 Å².